The van der Waals surface area contributed by atoms with Crippen LogP contribution in [0, 0.1) is 6.92 Å². The van der Waals surface area contributed by atoms with Gasteiger partial charge in [-0.15, -0.1) is 5.10 Å². The number of carbonyl (C=O) groups excluding carboxylic acids is 1. The maximum atomic E-state index is 11.7. The Kier molecular flexibility index (Phi) is 3.63. The highest BCUT2D eigenvalue weighted by Gasteiger charge is 2.11. The summed E-state index contributed by atoms with van der Waals surface area (Å²) in [4.78, 5) is 15.7. The van der Waals surface area contributed by atoms with E-state index in [1.165, 1.54) is 10.9 Å². The number of nitrogens with two attached hydrogens (primary N) is 1. The summed E-state index contributed by atoms with van der Waals surface area (Å²) in [7, 11) is 0. The predicted molar refractivity (Wildman–Crippen MR) is 59.3 cm³/mol. The Morgan fingerprint density at radius 2 is 2.44 bits per heavy atom. The lowest BCUT2D eigenvalue weighted by Gasteiger charge is -1.97. The van der Waals surface area contributed by atoms with E-state index in [-0.39, 0.29) is 18.1 Å². The highest BCUT2D eigenvalue weighted by molar-refractivity contribution is 5.91. The monoisotopic (exact) mass is 251 g/mol. The largest absolute Gasteiger partial charge is 0.343 e. The topological polar surface area (TPSA) is 125 Å². The molecule has 2 rings (SSSR count). The maximum Gasteiger partial charge on any atom is 0.273 e. The molecule has 0 bridgehead atoms. The minimum absolute atomic E-state index is 0.180. The van der Waals surface area contributed by atoms with Crippen LogP contribution in [0.1, 0.15) is 22.2 Å². The molecule has 1 amide bonds. The van der Waals surface area contributed by atoms with Gasteiger partial charge in [-0.05, 0) is 0 Å². The number of aromatic nitrogens is 5. The second-order valence-corrected chi connectivity index (χ2v) is 3.57. The molecule has 0 aliphatic rings. The van der Waals surface area contributed by atoms with Crippen LogP contribution in [0.2, 0.25) is 0 Å². The molecule has 0 saturated heterocycles. The zero-order valence-electron chi connectivity index (χ0n) is 9.83. The Balaban J connectivity index is 1.90. The van der Waals surface area contributed by atoms with Crippen LogP contribution in [0.4, 0.5) is 0 Å². The second-order valence-electron chi connectivity index (χ2n) is 3.57. The van der Waals surface area contributed by atoms with Crippen molar-refractivity contribution in [3.63, 3.8) is 0 Å². The molecule has 0 saturated carbocycles. The third kappa shape index (κ3) is 2.88. The molecule has 0 atom stereocenters. The van der Waals surface area contributed by atoms with Gasteiger partial charge in [0.1, 0.15) is 0 Å². The molecule has 2 heterocycles. The third-order valence-corrected chi connectivity index (χ3v) is 2.11. The molecule has 0 spiro atoms. The lowest BCUT2D eigenvalue weighted by molar-refractivity contribution is 0.0944. The average Bonchev–Trinajstić information content (AvgIpc) is 2.96. The number of aryl methyl sites for hydroxylation is 1. The SMILES string of the molecule is Cc1nc(CNC(=O)c2cn(CCN)nn2)no1. The van der Waals surface area contributed by atoms with E-state index in [0.717, 1.165) is 0 Å². The van der Waals surface area contributed by atoms with E-state index in [9.17, 15) is 4.79 Å². The number of nitrogens with zero attached hydrogens (tertiary/aromatic N) is 5. The zero-order valence-corrected chi connectivity index (χ0v) is 9.83. The first-order chi connectivity index (χ1) is 8.69. The lowest BCUT2D eigenvalue weighted by Crippen LogP contribution is -2.23. The molecule has 2 aromatic heterocycles. The van der Waals surface area contributed by atoms with Gasteiger partial charge in [0.05, 0.1) is 19.3 Å². The quantitative estimate of drug-likeness (QED) is 0.687. The minimum Gasteiger partial charge on any atom is -0.343 e. The molecule has 3 N–H and O–H groups in total. The van der Waals surface area contributed by atoms with E-state index in [0.29, 0.717) is 24.8 Å². The minimum atomic E-state index is -0.347. The van der Waals surface area contributed by atoms with E-state index in [1.54, 1.807) is 6.92 Å². The molecule has 0 radical (unpaired) electrons. The lowest BCUT2D eigenvalue weighted by atomic mass is 10.4. The number of hydrogen-bond acceptors (Lipinski definition) is 7. The van der Waals surface area contributed by atoms with Gasteiger partial charge in [-0.1, -0.05) is 10.4 Å². The van der Waals surface area contributed by atoms with E-state index in [4.69, 9.17) is 10.3 Å². The van der Waals surface area contributed by atoms with Crippen LogP contribution in [-0.4, -0.2) is 37.6 Å². The Morgan fingerprint density at radius 3 is 3.11 bits per heavy atom. The molecule has 9 nitrogen and oxygen atoms in total. The van der Waals surface area contributed by atoms with E-state index < -0.39 is 0 Å². The van der Waals surface area contributed by atoms with Gasteiger partial charge < -0.3 is 15.6 Å². The summed E-state index contributed by atoms with van der Waals surface area (Å²) in [6.45, 7) is 2.81. The standard InChI is InChI=1S/C9H13N7O2/c1-6-12-8(14-18-6)4-11-9(17)7-5-16(3-2-10)15-13-7/h5H,2-4,10H2,1H3,(H,11,17). The molecule has 9 heteroatoms. The molecule has 0 unspecified atom stereocenters. The van der Waals surface area contributed by atoms with Crippen molar-refractivity contribution in [3.05, 3.63) is 23.6 Å². The van der Waals surface area contributed by atoms with Crippen molar-refractivity contribution in [1.29, 1.82) is 0 Å². The molecular formula is C9H13N7O2. The van der Waals surface area contributed by atoms with Crippen LogP contribution in [0.25, 0.3) is 0 Å². The Bertz CT molecular complexity index is 533. The van der Waals surface area contributed by atoms with E-state index >= 15 is 0 Å². The van der Waals surface area contributed by atoms with Crippen LogP contribution in [0.5, 0.6) is 0 Å². The molecule has 18 heavy (non-hydrogen) atoms. The van der Waals surface area contributed by atoms with Crippen LogP contribution in [-0.2, 0) is 13.1 Å². The highest BCUT2D eigenvalue weighted by atomic mass is 16.5. The third-order valence-electron chi connectivity index (χ3n) is 2.11. The molecule has 0 aliphatic heterocycles. The van der Waals surface area contributed by atoms with Gasteiger partial charge in [-0.25, -0.2) is 0 Å². The van der Waals surface area contributed by atoms with Gasteiger partial charge in [0.15, 0.2) is 11.5 Å². The van der Waals surface area contributed by atoms with Gasteiger partial charge in [0.25, 0.3) is 5.91 Å². The first kappa shape index (κ1) is 12.2. The summed E-state index contributed by atoms with van der Waals surface area (Å²) < 4.78 is 6.29. The smallest absolute Gasteiger partial charge is 0.273 e. The van der Waals surface area contributed by atoms with Crippen LogP contribution in [0.15, 0.2) is 10.7 Å². The Labute approximate surface area is 102 Å². The fourth-order valence-electron chi connectivity index (χ4n) is 1.31. The molecule has 96 valence electrons. The molecule has 0 aromatic carbocycles. The highest BCUT2D eigenvalue weighted by Crippen LogP contribution is 1.96. The van der Waals surface area contributed by atoms with Crippen LogP contribution < -0.4 is 11.1 Å². The van der Waals surface area contributed by atoms with Crippen molar-refractivity contribution in [1.82, 2.24) is 30.5 Å². The first-order valence-corrected chi connectivity index (χ1v) is 5.36. The molecule has 0 fully saturated rings. The summed E-state index contributed by atoms with van der Waals surface area (Å²) in [5.41, 5.74) is 5.59. The zero-order chi connectivity index (χ0) is 13.0. The maximum absolute atomic E-state index is 11.7. The number of hydrogen-bond donors (Lipinski definition) is 2. The predicted octanol–water partition coefficient (Wildman–Crippen LogP) is -1.14. The number of nitrogens with one attached hydrogen (secondary N) is 1. The normalized spacial score (nSPS) is 10.6. The van der Waals surface area contributed by atoms with Crippen molar-refractivity contribution in [2.45, 2.75) is 20.0 Å². The molecule has 0 aliphatic carbocycles. The molecule has 2 aromatic rings. The Morgan fingerprint density at radius 1 is 1.61 bits per heavy atom. The second kappa shape index (κ2) is 5.36. The van der Waals surface area contributed by atoms with Crippen molar-refractivity contribution in [2.24, 2.45) is 5.73 Å². The van der Waals surface area contributed by atoms with Crippen LogP contribution in [0.3, 0.4) is 0 Å². The average molecular weight is 251 g/mol. The van der Waals surface area contributed by atoms with Crippen molar-refractivity contribution >= 4 is 5.91 Å². The van der Waals surface area contributed by atoms with Crippen molar-refractivity contribution in [3.8, 4) is 0 Å². The van der Waals surface area contributed by atoms with Gasteiger partial charge in [0.2, 0.25) is 5.89 Å². The number of rotatable bonds is 5. The van der Waals surface area contributed by atoms with Crippen LogP contribution >= 0.6 is 0 Å². The van der Waals surface area contributed by atoms with Gasteiger partial charge in [-0.3, -0.25) is 9.48 Å². The van der Waals surface area contributed by atoms with Crippen molar-refractivity contribution in [2.75, 3.05) is 6.54 Å². The Hall–Kier alpha value is -2.29. The summed E-state index contributed by atoms with van der Waals surface area (Å²) in [6, 6.07) is 0. The fourth-order valence-corrected chi connectivity index (χ4v) is 1.31. The summed E-state index contributed by atoms with van der Waals surface area (Å²) in [5, 5.41) is 13.8. The van der Waals surface area contributed by atoms with E-state index in [1.807, 2.05) is 0 Å². The molecular weight excluding hydrogens is 238 g/mol. The van der Waals surface area contributed by atoms with E-state index in [2.05, 4.69) is 25.8 Å². The summed E-state index contributed by atoms with van der Waals surface area (Å²) in [6.07, 6.45) is 1.53. The fraction of sp³-hybridized carbons (Fsp3) is 0.444. The first-order valence-electron chi connectivity index (χ1n) is 5.36. The van der Waals surface area contributed by atoms with Gasteiger partial charge in [-0.2, -0.15) is 4.98 Å². The van der Waals surface area contributed by atoms with Gasteiger partial charge in [0, 0.05) is 13.5 Å². The number of amides is 1. The van der Waals surface area contributed by atoms with Crippen molar-refractivity contribution < 1.29 is 9.32 Å². The van der Waals surface area contributed by atoms with Gasteiger partial charge >= 0.3 is 0 Å². The number of carbonyl (C=O) groups is 1. The summed E-state index contributed by atoms with van der Waals surface area (Å²) in [5.74, 6) is 0.518. The summed E-state index contributed by atoms with van der Waals surface area (Å²) >= 11 is 0.